The summed E-state index contributed by atoms with van der Waals surface area (Å²) in [5.74, 6) is -0.598. The Hall–Kier alpha value is -3.07. The number of carbonyl (C=O) groups is 2. The van der Waals surface area contributed by atoms with Crippen molar-refractivity contribution >= 4 is 29.1 Å². The number of rotatable bonds is 8. The standard InChI is InChI=1S/C26H29ClN2O6/c1-33-19-8-9-20(21(16-19)34-2)23-22(24(30)17-4-6-18(27)7-5-17)25(31)26(32)29(23)11-3-10-28-12-14-35-15-13-28/h4-9,16,23,30H,3,10-15H2,1-2H3/b24-22+/t23-/m1/s1. The summed E-state index contributed by atoms with van der Waals surface area (Å²) in [6, 6.07) is 10.9. The quantitative estimate of drug-likeness (QED) is 0.337. The van der Waals surface area contributed by atoms with Gasteiger partial charge < -0.3 is 24.2 Å². The molecule has 0 unspecified atom stereocenters. The largest absolute Gasteiger partial charge is 0.507 e. The normalized spacial score (nSPS) is 20.3. The van der Waals surface area contributed by atoms with E-state index in [-0.39, 0.29) is 11.3 Å². The van der Waals surface area contributed by atoms with Crippen LogP contribution in [0, 0.1) is 0 Å². The van der Waals surface area contributed by atoms with E-state index in [1.54, 1.807) is 49.6 Å². The minimum atomic E-state index is -0.809. The van der Waals surface area contributed by atoms with E-state index in [9.17, 15) is 14.7 Å². The molecule has 0 saturated carbocycles. The molecule has 0 bridgehead atoms. The van der Waals surface area contributed by atoms with Crippen LogP contribution in [0.15, 0.2) is 48.0 Å². The van der Waals surface area contributed by atoms with Crippen LogP contribution in [0.5, 0.6) is 11.5 Å². The fourth-order valence-electron chi connectivity index (χ4n) is 4.53. The number of hydrogen-bond donors (Lipinski definition) is 1. The minimum absolute atomic E-state index is 0.0205. The van der Waals surface area contributed by atoms with Gasteiger partial charge in [0.25, 0.3) is 11.7 Å². The third kappa shape index (κ3) is 5.29. The minimum Gasteiger partial charge on any atom is -0.507 e. The number of aliphatic hydroxyl groups excluding tert-OH is 1. The fourth-order valence-corrected chi connectivity index (χ4v) is 4.66. The summed E-state index contributed by atoms with van der Waals surface area (Å²) in [5.41, 5.74) is 1.01. The van der Waals surface area contributed by atoms with Crippen LogP contribution in [0.4, 0.5) is 0 Å². The van der Waals surface area contributed by atoms with Crippen LogP contribution in [0.1, 0.15) is 23.6 Å². The first kappa shape index (κ1) is 25.0. The third-order valence-corrected chi connectivity index (χ3v) is 6.62. The van der Waals surface area contributed by atoms with Gasteiger partial charge in [0.2, 0.25) is 0 Å². The van der Waals surface area contributed by atoms with Crippen molar-refractivity contribution in [1.82, 2.24) is 9.80 Å². The maximum absolute atomic E-state index is 13.2. The van der Waals surface area contributed by atoms with Crippen molar-refractivity contribution in [2.24, 2.45) is 0 Å². The molecule has 1 N–H and O–H groups in total. The van der Waals surface area contributed by atoms with E-state index in [2.05, 4.69) is 4.90 Å². The van der Waals surface area contributed by atoms with Crippen LogP contribution in [-0.2, 0) is 14.3 Å². The van der Waals surface area contributed by atoms with Crippen molar-refractivity contribution in [1.29, 1.82) is 0 Å². The first-order valence-corrected chi connectivity index (χ1v) is 11.9. The van der Waals surface area contributed by atoms with Gasteiger partial charge in [-0.25, -0.2) is 0 Å². The summed E-state index contributed by atoms with van der Waals surface area (Å²) >= 11 is 6.00. The summed E-state index contributed by atoms with van der Waals surface area (Å²) in [6.45, 7) is 4.18. The zero-order valence-electron chi connectivity index (χ0n) is 19.8. The lowest BCUT2D eigenvalue weighted by molar-refractivity contribution is -0.140. The number of morpholine rings is 1. The Morgan fingerprint density at radius 2 is 1.77 bits per heavy atom. The Labute approximate surface area is 209 Å². The van der Waals surface area contributed by atoms with Crippen molar-refractivity contribution in [3.8, 4) is 11.5 Å². The number of aliphatic hydroxyl groups is 1. The highest BCUT2D eigenvalue weighted by atomic mass is 35.5. The van der Waals surface area contributed by atoms with Gasteiger partial charge in [0.1, 0.15) is 17.3 Å². The topological polar surface area (TPSA) is 88.5 Å². The van der Waals surface area contributed by atoms with Gasteiger partial charge in [-0.05, 0) is 42.8 Å². The van der Waals surface area contributed by atoms with Crippen molar-refractivity contribution in [2.75, 3.05) is 53.6 Å². The third-order valence-electron chi connectivity index (χ3n) is 6.37. The average molecular weight is 501 g/mol. The van der Waals surface area contributed by atoms with Crippen molar-refractivity contribution < 1.29 is 28.9 Å². The second-order valence-electron chi connectivity index (χ2n) is 8.41. The molecule has 186 valence electrons. The molecule has 1 amide bonds. The number of likely N-dealkylation sites (tertiary alicyclic amines) is 1. The maximum atomic E-state index is 13.2. The Morgan fingerprint density at radius 1 is 1.06 bits per heavy atom. The van der Waals surface area contributed by atoms with E-state index < -0.39 is 17.7 Å². The first-order valence-electron chi connectivity index (χ1n) is 11.5. The fraction of sp³-hybridized carbons (Fsp3) is 0.385. The summed E-state index contributed by atoms with van der Waals surface area (Å²) in [5, 5.41) is 11.7. The van der Waals surface area contributed by atoms with E-state index in [1.165, 1.54) is 12.0 Å². The Bertz CT molecular complexity index is 1110. The zero-order chi connectivity index (χ0) is 24.9. The molecule has 2 aromatic carbocycles. The molecule has 0 aromatic heterocycles. The molecule has 2 heterocycles. The lowest BCUT2D eigenvalue weighted by atomic mass is 9.94. The van der Waals surface area contributed by atoms with Gasteiger partial charge in [0, 0.05) is 48.4 Å². The molecule has 0 radical (unpaired) electrons. The number of amides is 1. The number of Topliss-reactive ketones (excluding diaryl/α,β-unsaturated/α-hetero) is 1. The van der Waals surface area contributed by atoms with E-state index in [1.807, 2.05) is 0 Å². The molecule has 8 nitrogen and oxygen atoms in total. The predicted octanol–water partition coefficient (Wildman–Crippen LogP) is 3.50. The molecular weight excluding hydrogens is 472 g/mol. The van der Waals surface area contributed by atoms with Gasteiger partial charge in [-0.2, -0.15) is 0 Å². The van der Waals surface area contributed by atoms with E-state index >= 15 is 0 Å². The molecule has 9 heteroatoms. The van der Waals surface area contributed by atoms with Gasteiger partial charge in [-0.15, -0.1) is 0 Å². The summed E-state index contributed by atoms with van der Waals surface area (Å²) < 4.78 is 16.3. The number of nitrogens with zero attached hydrogens (tertiary/aromatic N) is 2. The summed E-state index contributed by atoms with van der Waals surface area (Å²) in [6.07, 6.45) is 0.670. The monoisotopic (exact) mass is 500 g/mol. The number of methoxy groups -OCH3 is 2. The molecule has 0 aliphatic carbocycles. The number of carbonyl (C=O) groups excluding carboxylic acids is 2. The second-order valence-corrected chi connectivity index (χ2v) is 8.85. The van der Waals surface area contributed by atoms with Gasteiger partial charge in [-0.1, -0.05) is 11.6 Å². The second kappa shape index (κ2) is 11.1. The Kier molecular flexibility index (Phi) is 7.95. The highest BCUT2D eigenvalue weighted by molar-refractivity contribution is 6.46. The highest BCUT2D eigenvalue weighted by Crippen LogP contribution is 2.43. The molecule has 2 fully saturated rings. The first-order chi connectivity index (χ1) is 16.9. The molecule has 35 heavy (non-hydrogen) atoms. The smallest absolute Gasteiger partial charge is 0.295 e. The molecule has 4 rings (SSSR count). The molecule has 2 aliphatic heterocycles. The van der Waals surface area contributed by atoms with Crippen LogP contribution in [0.3, 0.4) is 0 Å². The van der Waals surface area contributed by atoms with Crippen LogP contribution in [0.25, 0.3) is 5.76 Å². The number of benzene rings is 2. The Balaban J connectivity index is 1.73. The molecule has 2 saturated heterocycles. The zero-order valence-corrected chi connectivity index (χ0v) is 20.6. The maximum Gasteiger partial charge on any atom is 0.295 e. The van der Waals surface area contributed by atoms with Gasteiger partial charge in [-0.3, -0.25) is 14.5 Å². The molecular formula is C26H29ClN2O6. The van der Waals surface area contributed by atoms with Crippen LogP contribution in [-0.4, -0.2) is 80.2 Å². The summed E-state index contributed by atoms with van der Waals surface area (Å²) in [4.78, 5) is 30.2. The summed E-state index contributed by atoms with van der Waals surface area (Å²) in [7, 11) is 3.06. The van der Waals surface area contributed by atoms with Crippen LogP contribution >= 0.6 is 11.6 Å². The molecule has 2 aliphatic rings. The molecule has 1 atom stereocenters. The Morgan fingerprint density at radius 3 is 2.43 bits per heavy atom. The molecule has 0 spiro atoms. The number of ketones is 1. The SMILES string of the molecule is COc1ccc([C@@H]2/C(=C(\O)c3ccc(Cl)cc3)C(=O)C(=O)N2CCCN2CCOCC2)c(OC)c1. The lowest BCUT2D eigenvalue weighted by Crippen LogP contribution is -2.39. The van der Waals surface area contributed by atoms with E-state index in [0.29, 0.717) is 53.8 Å². The van der Waals surface area contributed by atoms with Gasteiger partial charge >= 0.3 is 0 Å². The highest BCUT2D eigenvalue weighted by Gasteiger charge is 2.46. The predicted molar refractivity (Wildman–Crippen MR) is 132 cm³/mol. The van der Waals surface area contributed by atoms with Crippen LogP contribution < -0.4 is 9.47 Å². The molecule has 2 aromatic rings. The van der Waals surface area contributed by atoms with Crippen molar-refractivity contribution in [3.05, 3.63) is 64.2 Å². The number of halogens is 1. The van der Waals surface area contributed by atoms with Crippen molar-refractivity contribution in [2.45, 2.75) is 12.5 Å². The van der Waals surface area contributed by atoms with E-state index in [0.717, 1.165) is 19.6 Å². The van der Waals surface area contributed by atoms with E-state index in [4.69, 9.17) is 25.8 Å². The number of hydrogen-bond acceptors (Lipinski definition) is 7. The van der Waals surface area contributed by atoms with Gasteiger partial charge in [0.15, 0.2) is 0 Å². The number of ether oxygens (including phenoxy) is 3. The average Bonchev–Trinajstić information content (AvgIpc) is 3.13. The van der Waals surface area contributed by atoms with Crippen LogP contribution in [0.2, 0.25) is 5.02 Å². The lowest BCUT2D eigenvalue weighted by Gasteiger charge is -2.29. The van der Waals surface area contributed by atoms with Gasteiger partial charge in [0.05, 0.1) is 39.0 Å². The van der Waals surface area contributed by atoms with Crippen molar-refractivity contribution in [3.63, 3.8) is 0 Å².